The van der Waals surface area contributed by atoms with E-state index in [4.69, 9.17) is 25.7 Å². The van der Waals surface area contributed by atoms with E-state index < -0.39 is 41.9 Å². The van der Waals surface area contributed by atoms with Gasteiger partial charge in [-0.3, -0.25) is 9.59 Å². The quantitative estimate of drug-likeness (QED) is 0.491. The standard InChI is InChI=1S/C20H26N6O6/c1-10(2)16(22)19(29)31-17-13(28)6-20(8-21,32-14(17)7-30-11(3)27)15-5-4-12-18(23)24-9-25-26(12)15/h4-5,9-10,13-14,16-17,28H,6-7,22H2,1-3H3,(H2,23,24,25)/t13-,14+,16-,17-,20-/m0/s1. The molecule has 12 heteroatoms. The van der Waals surface area contributed by atoms with Crippen LogP contribution in [-0.4, -0.2) is 62.6 Å². The molecule has 0 aromatic carbocycles. The average molecular weight is 446 g/mol. The molecule has 1 fully saturated rings. The third-order valence-electron chi connectivity index (χ3n) is 5.36. The van der Waals surface area contributed by atoms with Gasteiger partial charge in [0.2, 0.25) is 0 Å². The van der Waals surface area contributed by atoms with Gasteiger partial charge in [0, 0.05) is 13.3 Å². The molecule has 32 heavy (non-hydrogen) atoms. The maximum absolute atomic E-state index is 12.4. The lowest BCUT2D eigenvalue weighted by atomic mass is 9.86. The first-order chi connectivity index (χ1) is 15.1. The van der Waals surface area contributed by atoms with Crippen LogP contribution in [0.1, 0.15) is 32.9 Å². The van der Waals surface area contributed by atoms with Gasteiger partial charge in [-0.25, -0.2) is 9.50 Å². The maximum atomic E-state index is 12.4. The summed E-state index contributed by atoms with van der Waals surface area (Å²) in [4.78, 5) is 27.7. The van der Waals surface area contributed by atoms with Gasteiger partial charge in [-0.2, -0.15) is 10.4 Å². The number of rotatable bonds is 6. The molecule has 5 atom stereocenters. The van der Waals surface area contributed by atoms with Gasteiger partial charge in [-0.05, 0) is 18.1 Å². The first-order valence-electron chi connectivity index (χ1n) is 10.0. The molecule has 0 bridgehead atoms. The summed E-state index contributed by atoms with van der Waals surface area (Å²) in [7, 11) is 0. The summed E-state index contributed by atoms with van der Waals surface area (Å²) in [6.45, 7) is 4.35. The van der Waals surface area contributed by atoms with Crippen molar-refractivity contribution in [2.24, 2.45) is 11.7 Å². The summed E-state index contributed by atoms with van der Waals surface area (Å²) in [6, 6.07) is 4.36. The lowest BCUT2D eigenvalue weighted by molar-refractivity contribution is -0.227. The first-order valence-corrected chi connectivity index (χ1v) is 10.0. The summed E-state index contributed by atoms with van der Waals surface area (Å²) in [6.07, 6.45) is -2.69. The van der Waals surface area contributed by atoms with Crippen LogP contribution in [-0.2, 0) is 29.4 Å². The van der Waals surface area contributed by atoms with Gasteiger partial charge in [-0.1, -0.05) is 13.8 Å². The molecule has 1 saturated heterocycles. The van der Waals surface area contributed by atoms with E-state index in [1.54, 1.807) is 26.0 Å². The lowest BCUT2D eigenvalue weighted by Gasteiger charge is -2.43. The number of nitrogen functional groups attached to an aromatic ring is 1. The van der Waals surface area contributed by atoms with Crippen LogP contribution in [0.2, 0.25) is 0 Å². The van der Waals surface area contributed by atoms with Crippen molar-refractivity contribution in [1.82, 2.24) is 14.6 Å². The third kappa shape index (κ3) is 4.36. The molecule has 3 rings (SSSR count). The van der Waals surface area contributed by atoms with E-state index in [9.17, 15) is 20.0 Å². The smallest absolute Gasteiger partial charge is 0.323 e. The molecule has 0 amide bonds. The summed E-state index contributed by atoms with van der Waals surface area (Å²) in [5.41, 5.74) is 10.8. The van der Waals surface area contributed by atoms with Crippen LogP contribution in [0.4, 0.5) is 5.82 Å². The number of carbonyl (C=O) groups excluding carboxylic acids is 2. The second-order valence-corrected chi connectivity index (χ2v) is 8.00. The first kappa shape index (κ1) is 23.4. The molecule has 0 spiro atoms. The van der Waals surface area contributed by atoms with Gasteiger partial charge in [0.1, 0.15) is 36.7 Å². The molecule has 2 aromatic heterocycles. The summed E-state index contributed by atoms with van der Waals surface area (Å²) in [5, 5.41) is 25.1. The Morgan fingerprint density at radius 3 is 2.81 bits per heavy atom. The number of ether oxygens (including phenoxy) is 3. The Morgan fingerprint density at radius 1 is 1.47 bits per heavy atom. The zero-order chi connectivity index (χ0) is 23.6. The second kappa shape index (κ2) is 9.07. The van der Waals surface area contributed by atoms with Gasteiger partial charge in [0.05, 0.1) is 11.8 Å². The number of aliphatic hydroxyl groups is 1. The number of carbonyl (C=O) groups is 2. The molecule has 2 aromatic rings. The zero-order valence-electron chi connectivity index (χ0n) is 18.0. The van der Waals surface area contributed by atoms with Gasteiger partial charge < -0.3 is 30.8 Å². The second-order valence-electron chi connectivity index (χ2n) is 8.00. The SMILES string of the molecule is CC(=O)OC[C@H]1O[C@@](C#N)(c2ccc3c(N)ncnn23)C[C@H](O)[C@@H]1OC(=O)[C@@H](N)C(C)C. The van der Waals surface area contributed by atoms with Gasteiger partial charge >= 0.3 is 11.9 Å². The predicted molar refractivity (Wildman–Crippen MR) is 110 cm³/mol. The molecular weight excluding hydrogens is 420 g/mol. The molecule has 1 aliphatic heterocycles. The molecule has 0 saturated carbocycles. The Kier molecular flexibility index (Phi) is 6.63. The predicted octanol–water partition coefficient (Wildman–Crippen LogP) is -0.362. The minimum Gasteiger partial charge on any atom is -0.463 e. The highest BCUT2D eigenvalue weighted by Gasteiger charge is 2.52. The van der Waals surface area contributed by atoms with Crippen molar-refractivity contribution < 1.29 is 28.9 Å². The van der Waals surface area contributed by atoms with Crippen molar-refractivity contribution in [3.8, 4) is 6.07 Å². The Labute approximate surface area is 184 Å². The average Bonchev–Trinajstić information content (AvgIpc) is 3.19. The van der Waals surface area contributed by atoms with E-state index in [2.05, 4.69) is 16.2 Å². The van der Waals surface area contributed by atoms with E-state index in [0.717, 1.165) is 0 Å². The molecule has 3 heterocycles. The molecule has 12 nitrogen and oxygen atoms in total. The fourth-order valence-electron chi connectivity index (χ4n) is 3.55. The fraction of sp³-hybridized carbons (Fsp3) is 0.550. The third-order valence-corrected chi connectivity index (χ3v) is 5.36. The number of esters is 2. The van der Waals surface area contributed by atoms with Crippen molar-refractivity contribution in [2.75, 3.05) is 12.3 Å². The van der Waals surface area contributed by atoms with Crippen LogP contribution in [0.3, 0.4) is 0 Å². The molecule has 1 aliphatic rings. The monoisotopic (exact) mass is 446 g/mol. The van der Waals surface area contributed by atoms with Crippen molar-refractivity contribution in [3.05, 3.63) is 24.2 Å². The highest BCUT2D eigenvalue weighted by molar-refractivity contribution is 5.76. The van der Waals surface area contributed by atoms with E-state index in [0.29, 0.717) is 11.2 Å². The maximum Gasteiger partial charge on any atom is 0.323 e. The molecule has 0 unspecified atom stereocenters. The van der Waals surface area contributed by atoms with Gasteiger partial charge in [0.15, 0.2) is 17.5 Å². The number of aliphatic hydroxyl groups excluding tert-OH is 1. The number of nitrogens with two attached hydrogens (primary N) is 2. The van der Waals surface area contributed by atoms with Crippen LogP contribution in [0, 0.1) is 17.2 Å². The largest absolute Gasteiger partial charge is 0.463 e. The van der Waals surface area contributed by atoms with Crippen molar-refractivity contribution in [2.45, 2.75) is 57.1 Å². The van der Waals surface area contributed by atoms with E-state index in [1.165, 1.54) is 17.8 Å². The zero-order valence-corrected chi connectivity index (χ0v) is 18.0. The number of nitrogens with zero attached hydrogens (tertiary/aromatic N) is 4. The Bertz CT molecular complexity index is 1050. The molecule has 172 valence electrons. The van der Waals surface area contributed by atoms with Crippen LogP contribution in [0.25, 0.3) is 5.52 Å². The van der Waals surface area contributed by atoms with E-state index >= 15 is 0 Å². The van der Waals surface area contributed by atoms with Crippen LogP contribution in [0.5, 0.6) is 0 Å². The highest BCUT2D eigenvalue weighted by Crippen LogP contribution is 2.39. The lowest BCUT2D eigenvalue weighted by Crippen LogP contribution is -2.57. The number of fused-ring (bicyclic) bond motifs is 1. The van der Waals surface area contributed by atoms with Crippen molar-refractivity contribution >= 4 is 23.3 Å². The van der Waals surface area contributed by atoms with E-state index in [-0.39, 0.29) is 24.8 Å². The summed E-state index contributed by atoms with van der Waals surface area (Å²) < 4.78 is 17.9. The number of hydrogen-bond donors (Lipinski definition) is 3. The summed E-state index contributed by atoms with van der Waals surface area (Å²) in [5.74, 6) is -1.35. The van der Waals surface area contributed by atoms with Crippen molar-refractivity contribution in [3.63, 3.8) is 0 Å². The fourth-order valence-corrected chi connectivity index (χ4v) is 3.55. The molecular formula is C20H26N6O6. The molecule has 5 N–H and O–H groups in total. The molecule has 0 aliphatic carbocycles. The molecule has 0 radical (unpaired) electrons. The number of hydrogen-bond acceptors (Lipinski definition) is 11. The van der Waals surface area contributed by atoms with Gasteiger partial charge in [0.25, 0.3) is 0 Å². The number of aromatic nitrogens is 3. The number of anilines is 1. The Morgan fingerprint density at radius 2 is 2.19 bits per heavy atom. The van der Waals surface area contributed by atoms with Crippen LogP contribution < -0.4 is 11.5 Å². The van der Waals surface area contributed by atoms with Crippen LogP contribution >= 0.6 is 0 Å². The van der Waals surface area contributed by atoms with E-state index in [1.807, 2.05) is 0 Å². The van der Waals surface area contributed by atoms with Gasteiger partial charge in [-0.15, -0.1) is 0 Å². The minimum absolute atomic E-state index is 0.196. The van der Waals surface area contributed by atoms with Crippen LogP contribution in [0.15, 0.2) is 18.5 Å². The minimum atomic E-state index is -1.69. The summed E-state index contributed by atoms with van der Waals surface area (Å²) >= 11 is 0. The Balaban J connectivity index is 1.97. The topological polar surface area (TPSA) is 188 Å². The number of nitriles is 1. The van der Waals surface area contributed by atoms with Crippen molar-refractivity contribution in [1.29, 1.82) is 5.26 Å². The highest BCUT2D eigenvalue weighted by atomic mass is 16.6. The normalized spacial score (nSPS) is 26.5. The Hall–Kier alpha value is -3.27.